The molecule has 1 aromatic carbocycles. The zero-order chi connectivity index (χ0) is 17.2. The van der Waals surface area contributed by atoms with Crippen LogP contribution in [0.25, 0.3) is 10.9 Å². The van der Waals surface area contributed by atoms with Gasteiger partial charge in [-0.25, -0.2) is 0 Å². The van der Waals surface area contributed by atoms with Crippen molar-refractivity contribution in [1.82, 2.24) is 15.3 Å². The molecule has 124 valence electrons. The lowest BCUT2D eigenvalue weighted by molar-refractivity contribution is -0.125. The smallest absolute Gasteiger partial charge is 0.230 e. The lowest BCUT2D eigenvalue weighted by Crippen LogP contribution is -2.39. The number of nitrogens with one attached hydrogen (secondary N) is 2. The Morgan fingerprint density at radius 2 is 2.17 bits per heavy atom. The number of benzene rings is 1. The van der Waals surface area contributed by atoms with Crippen molar-refractivity contribution in [3.8, 4) is 5.75 Å². The third kappa shape index (κ3) is 2.97. The summed E-state index contributed by atoms with van der Waals surface area (Å²) in [6.07, 6.45) is 5.37. The molecule has 0 spiro atoms. The Labute approximate surface area is 141 Å². The molecule has 2 N–H and O–H groups in total. The molecule has 0 aliphatic heterocycles. The van der Waals surface area contributed by atoms with Gasteiger partial charge in [-0.1, -0.05) is 6.07 Å². The van der Waals surface area contributed by atoms with Gasteiger partial charge >= 0.3 is 0 Å². The molecule has 0 saturated carbocycles. The van der Waals surface area contributed by atoms with E-state index < -0.39 is 5.41 Å². The predicted molar refractivity (Wildman–Crippen MR) is 94.0 cm³/mol. The molecule has 0 radical (unpaired) electrons. The number of pyridine rings is 1. The summed E-state index contributed by atoms with van der Waals surface area (Å²) in [5.41, 5.74) is 2.23. The molecule has 0 atom stereocenters. The molecule has 0 aliphatic carbocycles. The van der Waals surface area contributed by atoms with Crippen LogP contribution in [-0.2, 0) is 16.8 Å². The van der Waals surface area contributed by atoms with E-state index in [0.717, 1.165) is 27.8 Å². The minimum Gasteiger partial charge on any atom is -0.497 e. The minimum absolute atomic E-state index is 0.0323. The maximum absolute atomic E-state index is 12.8. The van der Waals surface area contributed by atoms with Crippen LogP contribution >= 0.6 is 0 Å². The zero-order valence-corrected chi connectivity index (χ0v) is 14.1. The van der Waals surface area contributed by atoms with E-state index >= 15 is 0 Å². The maximum atomic E-state index is 12.8. The van der Waals surface area contributed by atoms with Crippen molar-refractivity contribution in [2.24, 2.45) is 0 Å². The fourth-order valence-electron chi connectivity index (χ4n) is 2.77. The zero-order valence-electron chi connectivity index (χ0n) is 14.1. The molecule has 24 heavy (non-hydrogen) atoms. The number of hydrogen-bond donors (Lipinski definition) is 2. The summed E-state index contributed by atoms with van der Waals surface area (Å²) in [5, 5.41) is 3.99. The van der Waals surface area contributed by atoms with E-state index in [1.807, 2.05) is 50.4 Å². The van der Waals surface area contributed by atoms with Crippen LogP contribution in [0.1, 0.15) is 25.0 Å². The number of hydrogen-bond acceptors (Lipinski definition) is 3. The lowest BCUT2D eigenvalue weighted by atomic mass is 9.83. The first-order valence-corrected chi connectivity index (χ1v) is 7.85. The first kappa shape index (κ1) is 16.1. The maximum Gasteiger partial charge on any atom is 0.230 e. The van der Waals surface area contributed by atoms with Gasteiger partial charge in [0, 0.05) is 36.0 Å². The van der Waals surface area contributed by atoms with Crippen LogP contribution in [0.5, 0.6) is 5.75 Å². The van der Waals surface area contributed by atoms with Crippen LogP contribution in [-0.4, -0.2) is 23.0 Å². The number of ether oxygens (including phenoxy) is 1. The molecular weight excluding hydrogens is 302 g/mol. The van der Waals surface area contributed by atoms with Crippen molar-refractivity contribution < 1.29 is 9.53 Å². The number of aromatic nitrogens is 2. The number of carbonyl (C=O) groups is 1. The van der Waals surface area contributed by atoms with Gasteiger partial charge in [0.1, 0.15) is 5.75 Å². The number of carbonyl (C=O) groups excluding carboxylic acids is 1. The third-order valence-corrected chi connectivity index (χ3v) is 4.31. The van der Waals surface area contributed by atoms with E-state index in [1.54, 1.807) is 19.5 Å². The highest BCUT2D eigenvalue weighted by Crippen LogP contribution is 2.32. The molecule has 0 aliphatic rings. The molecule has 0 fully saturated rings. The van der Waals surface area contributed by atoms with Gasteiger partial charge in [0.05, 0.1) is 12.5 Å². The van der Waals surface area contributed by atoms with Gasteiger partial charge < -0.3 is 15.0 Å². The average molecular weight is 323 g/mol. The Balaban J connectivity index is 1.85. The summed E-state index contributed by atoms with van der Waals surface area (Å²) in [7, 11) is 1.64. The van der Waals surface area contributed by atoms with E-state index in [9.17, 15) is 4.79 Å². The van der Waals surface area contributed by atoms with Crippen molar-refractivity contribution >= 4 is 16.8 Å². The molecule has 3 rings (SSSR count). The second-order valence-corrected chi connectivity index (χ2v) is 6.28. The highest BCUT2D eigenvalue weighted by Gasteiger charge is 2.32. The third-order valence-electron chi connectivity index (χ3n) is 4.31. The van der Waals surface area contributed by atoms with Crippen molar-refractivity contribution in [2.45, 2.75) is 25.8 Å². The second-order valence-electron chi connectivity index (χ2n) is 6.28. The molecule has 2 aromatic heterocycles. The number of rotatable bonds is 5. The summed E-state index contributed by atoms with van der Waals surface area (Å²) >= 11 is 0. The fraction of sp³-hybridized carbons (Fsp3) is 0.263. The normalized spacial score (nSPS) is 11.5. The van der Waals surface area contributed by atoms with Crippen LogP contribution < -0.4 is 10.1 Å². The SMILES string of the molecule is COc1ccc2[nH]cc(C(C)(C)C(=O)NCc3cccnc3)c2c1. The number of fused-ring (bicyclic) bond motifs is 1. The molecule has 0 bridgehead atoms. The van der Waals surface area contributed by atoms with Crippen molar-refractivity contribution in [2.75, 3.05) is 7.11 Å². The Hall–Kier alpha value is -2.82. The molecule has 3 aromatic rings. The summed E-state index contributed by atoms with van der Waals surface area (Å²) < 4.78 is 5.30. The number of amides is 1. The predicted octanol–water partition coefficient (Wildman–Crippen LogP) is 3.17. The lowest BCUT2D eigenvalue weighted by Gasteiger charge is -2.23. The molecule has 0 saturated heterocycles. The standard InChI is InChI=1S/C19H21N3O2/c1-19(2,18(23)22-11-13-5-4-8-20-10-13)16-12-21-17-7-6-14(24-3)9-15(16)17/h4-10,12,21H,11H2,1-3H3,(H,22,23). The van der Waals surface area contributed by atoms with Gasteiger partial charge in [0.2, 0.25) is 5.91 Å². The van der Waals surface area contributed by atoms with E-state index in [2.05, 4.69) is 15.3 Å². The summed E-state index contributed by atoms with van der Waals surface area (Å²) in [6.45, 7) is 4.31. The van der Waals surface area contributed by atoms with E-state index in [1.165, 1.54) is 0 Å². The molecule has 0 unspecified atom stereocenters. The van der Waals surface area contributed by atoms with Gasteiger partial charge in [0.25, 0.3) is 0 Å². The monoisotopic (exact) mass is 323 g/mol. The minimum atomic E-state index is -0.674. The number of H-pyrrole nitrogens is 1. The Kier molecular flexibility index (Phi) is 4.25. The van der Waals surface area contributed by atoms with Crippen LogP contribution in [0.2, 0.25) is 0 Å². The van der Waals surface area contributed by atoms with Gasteiger partial charge in [-0.05, 0) is 49.2 Å². The molecule has 2 heterocycles. The molecular formula is C19H21N3O2. The summed E-state index contributed by atoms with van der Waals surface area (Å²) in [4.78, 5) is 20.1. The molecule has 5 nitrogen and oxygen atoms in total. The summed E-state index contributed by atoms with van der Waals surface area (Å²) in [5.74, 6) is 0.741. The van der Waals surface area contributed by atoms with Gasteiger partial charge in [0.15, 0.2) is 0 Å². The van der Waals surface area contributed by atoms with Crippen LogP contribution in [0.3, 0.4) is 0 Å². The summed E-state index contributed by atoms with van der Waals surface area (Å²) in [6, 6.07) is 9.62. The van der Waals surface area contributed by atoms with Gasteiger partial charge in [-0.3, -0.25) is 9.78 Å². The van der Waals surface area contributed by atoms with Crippen molar-refractivity contribution in [3.63, 3.8) is 0 Å². The van der Waals surface area contributed by atoms with Crippen LogP contribution in [0.4, 0.5) is 0 Å². The fourth-order valence-corrected chi connectivity index (χ4v) is 2.77. The number of aromatic amines is 1. The van der Waals surface area contributed by atoms with Gasteiger partial charge in [-0.2, -0.15) is 0 Å². The van der Waals surface area contributed by atoms with Crippen molar-refractivity contribution in [3.05, 3.63) is 60.0 Å². The Morgan fingerprint density at radius 3 is 2.88 bits per heavy atom. The van der Waals surface area contributed by atoms with E-state index in [0.29, 0.717) is 6.54 Å². The Bertz CT molecular complexity index is 853. The van der Waals surface area contributed by atoms with Gasteiger partial charge in [-0.15, -0.1) is 0 Å². The van der Waals surface area contributed by atoms with Crippen molar-refractivity contribution in [1.29, 1.82) is 0 Å². The highest BCUT2D eigenvalue weighted by atomic mass is 16.5. The number of methoxy groups -OCH3 is 1. The van der Waals surface area contributed by atoms with E-state index in [4.69, 9.17) is 4.74 Å². The van der Waals surface area contributed by atoms with Crippen LogP contribution in [0.15, 0.2) is 48.9 Å². The quantitative estimate of drug-likeness (QED) is 0.758. The topological polar surface area (TPSA) is 67.0 Å². The highest BCUT2D eigenvalue weighted by molar-refractivity contribution is 5.95. The average Bonchev–Trinajstić information content (AvgIpc) is 3.04. The molecule has 1 amide bonds. The van der Waals surface area contributed by atoms with Crippen LogP contribution in [0, 0.1) is 0 Å². The molecule has 5 heteroatoms. The largest absolute Gasteiger partial charge is 0.497 e. The number of nitrogens with zero attached hydrogens (tertiary/aromatic N) is 1. The second kappa shape index (κ2) is 6.35. The Morgan fingerprint density at radius 1 is 1.33 bits per heavy atom. The van der Waals surface area contributed by atoms with E-state index in [-0.39, 0.29) is 5.91 Å². The first-order chi connectivity index (χ1) is 11.5. The first-order valence-electron chi connectivity index (χ1n) is 7.85.